The van der Waals surface area contributed by atoms with Crippen LogP contribution in [-0.2, 0) is 6.54 Å². The second-order valence-corrected chi connectivity index (χ2v) is 4.80. The first-order chi connectivity index (χ1) is 9.08. The number of carboxylic acid groups (broad SMARTS) is 1. The minimum Gasteiger partial charge on any atom is -0.478 e. The van der Waals surface area contributed by atoms with Gasteiger partial charge in [0.2, 0.25) is 0 Å². The molecule has 2 aromatic carbocycles. The van der Waals surface area contributed by atoms with Crippen molar-refractivity contribution < 1.29 is 14.3 Å². The first-order valence-electron chi connectivity index (χ1n) is 5.58. The molecule has 0 spiro atoms. The van der Waals surface area contributed by atoms with Gasteiger partial charge < -0.3 is 10.4 Å². The number of hydrogen-bond acceptors (Lipinski definition) is 2. The van der Waals surface area contributed by atoms with Crippen molar-refractivity contribution in [1.82, 2.24) is 0 Å². The van der Waals surface area contributed by atoms with E-state index in [0.717, 1.165) is 0 Å². The van der Waals surface area contributed by atoms with Crippen LogP contribution in [0, 0.1) is 5.82 Å². The van der Waals surface area contributed by atoms with Crippen LogP contribution >= 0.6 is 15.9 Å². The Morgan fingerprint density at radius 3 is 2.68 bits per heavy atom. The van der Waals surface area contributed by atoms with Gasteiger partial charge in [-0.3, -0.25) is 0 Å². The highest BCUT2D eigenvalue weighted by molar-refractivity contribution is 9.10. The zero-order chi connectivity index (χ0) is 13.8. The fourth-order valence-corrected chi connectivity index (χ4v) is 2.07. The molecule has 0 aliphatic rings. The van der Waals surface area contributed by atoms with Crippen LogP contribution in [0.3, 0.4) is 0 Å². The Hall–Kier alpha value is -1.88. The van der Waals surface area contributed by atoms with Gasteiger partial charge in [0.15, 0.2) is 0 Å². The average molecular weight is 324 g/mol. The molecule has 2 N–H and O–H groups in total. The molecule has 0 aliphatic heterocycles. The minimum absolute atomic E-state index is 0.260. The predicted octanol–water partition coefficient (Wildman–Crippen LogP) is 3.90. The molecule has 2 aromatic rings. The number of nitrogens with one attached hydrogen (secondary N) is 1. The first kappa shape index (κ1) is 13.5. The highest BCUT2D eigenvalue weighted by Gasteiger charge is 2.08. The lowest BCUT2D eigenvalue weighted by atomic mass is 10.1. The van der Waals surface area contributed by atoms with Crippen LogP contribution in [0.25, 0.3) is 0 Å². The Kier molecular flexibility index (Phi) is 4.16. The van der Waals surface area contributed by atoms with Crippen molar-refractivity contribution in [3.63, 3.8) is 0 Å². The van der Waals surface area contributed by atoms with E-state index in [9.17, 15) is 9.18 Å². The van der Waals surface area contributed by atoms with Gasteiger partial charge in [0.25, 0.3) is 0 Å². The maximum atomic E-state index is 13.1. The quantitative estimate of drug-likeness (QED) is 0.897. The predicted molar refractivity (Wildman–Crippen MR) is 74.8 cm³/mol. The van der Waals surface area contributed by atoms with E-state index in [-0.39, 0.29) is 11.4 Å². The van der Waals surface area contributed by atoms with E-state index < -0.39 is 5.97 Å². The molecular formula is C14H11BrFNO2. The number of anilines is 1. The van der Waals surface area contributed by atoms with Crippen molar-refractivity contribution in [3.05, 3.63) is 63.9 Å². The molecule has 3 nitrogen and oxygen atoms in total. The number of carboxylic acids is 1. The fourth-order valence-electron chi connectivity index (χ4n) is 1.69. The third-order valence-electron chi connectivity index (χ3n) is 2.65. The monoisotopic (exact) mass is 323 g/mol. The topological polar surface area (TPSA) is 49.3 Å². The van der Waals surface area contributed by atoms with Crippen LogP contribution in [0.1, 0.15) is 15.9 Å². The first-order valence-corrected chi connectivity index (χ1v) is 6.37. The van der Waals surface area contributed by atoms with E-state index in [1.807, 2.05) is 0 Å². The molecule has 0 bridgehead atoms. The van der Waals surface area contributed by atoms with Crippen molar-refractivity contribution in [2.75, 3.05) is 5.32 Å². The van der Waals surface area contributed by atoms with Gasteiger partial charge in [-0.25, -0.2) is 9.18 Å². The van der Waals surface area contributed by atoms with E-state index in [1.54, 1.807) is 36.4 Å². The Balaban J connectivity index is 2.14. The number of rotatable bonds is 4. The molecule has 0 aliphatic carbocycles. The van der Waals surface area contributed by atoms with Crippen molar-refractivity contribution in [1.29, 1.82) is 0 Å². The zero-order valence-corrected chi connectivity index (χ0v) is 11.4. The smallest absolute Gasteiger partial charge is 0.336 e. The van der Waals surface area contributed by atoms with Crippen LogP contribution < -0.4 is 5.32 Å². The number of aromatic carboxylic acids is 1. The molecule has 0 aromatic heterocycles. The van der Waals surface area contributed by atoms with Crippen molar-refractivity contribution >= 4 is 27.6 Å². The molecular weight excluding hydrogens is 313 g/mol. The van der Waals surface area contributed by atoms with E-state index in [0.29, 0.717) is 22.3 Å². The molecule has 98 valence electrons. The summed E-state index contributed by atoms with van der Waals surface area (Å²) in [7, 11) is 0. The fraction of sp³-hybridized carbons (Fsp3) is 0.0714. The third-order valence-corrected chi connectivity index (χ3v) is 3.26. The maximum absolute atomic E-state index is 13.1. The number of halogens is 2. The van der Waals surface area contributed by atoms with Crippen LogP contribution in [0.2, 0.25) is 0 Å². The number of hydrogen-bond donors (Lipinski definition) is 2. The Labute approximate surface area is 118 Å². The van der Waals surface area contributed by atoms with Gasteiger partial charge in [-0.2, -0.15) is 0 Å². The van der Waals surface area contributed by atoms with E-state index in [1.165, 1.54) is 6.07 Å². The van der Waals surface area contributed by atoms with Gasteiger partial charge in [-0.1, -0.05) is 18.2 Å². The molecule has 0 saturated carbocycles. The van der Waals surface area contributed by atoms with Crippen molar-refractivity contribution in [3.8, 4) is 0 Å². The van der Waals surface area contributed by atoms with Gasteiger partial charge in [0.1, 0.15) is 5.82 Å². The summed E-state index contributed by atoms with van der Waals surface area (Å²) in [6, 6.07) is 11.3. The summed E-state index contributed by atoms with van der Waals surface area (Å²) >= 11 is 3.10. The van der Waals surface area contributed by atoms with Crippen molar-refractivity contribution in [2.24, 2.45) is 0 Å². The molecule has 0 fully saturated rings. The molecule has 19 heavy (non-hydrogen) atoms. The van der Waals surface area contributed by atoms with Crippen LogP contribution in [-0.4, -0.2) is 11.1 Å². The summed E-state index contributed by atoms with van der Waals surface area (Å²) in [6.07, 6.45) is 0. The maximum Gasteiger partial charge on any atom is 0.336 e. The van der Waals surface area contributed by atoms with Gasteiger partial charge >= 0.3 is 5.97 Å². The average Bonchev–Trinajstić information content (AvgIpc) is 2.40. The summed E-state index contributed by atoms with van der Waals surface area (Å²) in [5, 5.41) is 12.1. The Bertz CT molecular complexity index is 616. The highest BCUT2D eigenvalue weighted by Crippen LogP contribution is 2.21. The molecule has 0 atom stereocenters. The molecule has 0 radical (unpaired) electrons. The van der Waals surface area contributed by atoms with Crippen LogP contribution in [0.5, 0.6) is 0 Å². The van der Waals surface area contributed by atoms with E-state index in [2.05, 4.69) is 21.2 Å². The highest BCUT2D eigenvalue weighted by atomic mass is 79.9. The lowest BCUT2D eigenvalue weighted by Crippen LogP contribution is -2.07. The van der Waals surface area contributed by atoms with E-state index >= 15 is 0 Å². The summed E-state index contributed by atoms with van der Waals surface area (Å²) < 4.78 is 13.4. The Morgan fingerprint density at radius 1 is 1.26 bits per heavy atom. The summed E-state index contributed by atoms with van der Waals surface area (Å²) in [6.45, 7) is 0.362. The normalized spacial score (nSPS) is 10.2. The zero-order valence-electron chi connectivity index (χ0n) is 9.86. The summed E-state index contributed by atoms with van der Waals surface area (Å²) in [5.74, 6) is -1.30. The van der Waals surface area contributed by atoms with Crippen LogP contribution in [0.4, 0.5) is 10.1 Å². The second kappa shape index (κ2) is 5.84. The van der Waals surface area contributed by atoms with Gasteiger partial charge in [-0.05, 0) is 45.8 Å². The molecule has 0 unspecified atom stereocenters. The molecule has 2 rings (SSSR count). The molecule has 5 heteroatoms. The van der Waals surface area contributed by atoms with Gasteiger partial charge in [-0.15, -0.1) is 0 Å². The second-order valence-electron chi connectivity index (χ2n) is 3.94. The molecule has 0 saturated heterocycles. The van der Waals surface area contributed by atoms with Gasteiger partial charge in [0.05, 0.1) is 10.0 Å². The lowest BCUT2D eigenvalue weighted by Gasteiger charge is -2.09. The SMILES string of the molecule is O=C(O)c1ccccc1CNc1ccc(F)c(Br)c1. The largest absolute Gasteiger partial charge is 0.478 e. The minimum atomic E-state index is -0.960. The summed E-state index contributed by atoms with van der Waals surface area (Å²) in [4.78, 5) is 11.0. The van der Waals surface area contributed by atoms with Crippen molar-refractivity contribution in [2.45, 2.75) is 6.54 Å². The molecule has 0 heterocycles. The number of benzene rings is 2. The number of carbonyl (C=O) groups is 1. The molecule has 0 amide bonds. The standard InChI is InChI=1S/C14H11BrFNO2/c15-12-7-10(5-6-13(12)16)17-8-9-3-1-2-4-11(9)14(18)19/h1-7,17H,8H2,(H,18,19). The third kappa shape index (κ3) is 3.32. The van der Waals surface area contributed by atoms with E-state index in [4.69, 9.17) is 5.11 Å². The van der Waals surface area contributed by atoms with Crippen LogP contribution in [0.15, 0.2) is 46.9 Å². The summed E-state index contributed by atoms with van der Waals surface area (Å²) in [5.41, 5.74) is 1.65. The Morgan fingerprint density at radius 2 is 2.00 bits per heavy atom. The van der Waals surface area contributed by atoms with Gasteiger partial charge in [0, 0.05) is 12.2 Å². The lowest BCUT2D eigenvalue weighted by molar-refractivity contribution is 0.0696.